The minimum absolute atomic E-state index is 0.154. The van der Waals surface area contributed by atoms with Crippen molar-refractivity contribution in [3.8, 4) is 0 Å². The predicted octanol–water partition coefficient (Wildman–Crippen LogP) is 1.43. The van der Waals surface area contributed by atoms with Crippen LogP contribution in [-0.4, -0.2) is 36.8 Å². The summed E-state index contributed by atoms with van der Waals surface area (Å²) in [5.41, 5.74) is -0.154. The van der Waals surface area contributed by atoms with Crippen LogP contribution in [0.4, 0.5) is 0 Å². The van der Waals surface area contributed by atoms with Gasteiger partial charge in [-0.05, 0) is 57.5 Å². The maximum atomic E-state index is 12.5. The van der Waals surface area contributed by atoms with Gasteiger partial charge in [-0.25, -0.2) is 0 Å². The highest BCUT2D eigenvalue weighted by Gasteiger charge is 2.37. The lowest BCUT2D eigenvalue weighted by atomic mass is 9.75. The van der Waals surface area contributed by atoms with Crippen molar-refractivity contribution < 1.29 is 9.90 Å². The minimum atomic E-state index is -0.158. The lowest BCUT2D eigenvalue weighted by Crippen LogP contribution is -2.48. The van der Waals surface area contributed by atoms with Gasteiger partial charge in [-0.1, -0.05) is 13.3 Å². The maximum Gasteiger partial charge on any atom is 0.226 e. The molecule has 2 aliphatic rings. The van der Waals surface area contributed by atoms with E-state index in [-0.39, 0.29) is 17.4 Å². The van der Waals surface area contributed by atoms with Gasteiger partial charge >= 0.3 is 0 Å². The smallest absolute Gasteiger partial charge is 0.226 e. The van der Waals surface area contributed by atoms with Gasteiger partial charge in [-0.3, -0.25) is 4.79 Å². The first kappa shape index (κ1) is 14.8. The Balaban J connectivity index is 1.82. The van der Waals surface area contributed by atoms with Gasteiger partial charge in [0, 0.05) is 6.54 Å². The van der Waals surface area contributed by atoms with E-state index in [4.69, 9.17) is 0 Å². The second-order valence-electron chi connectivity index (χ2n) is 6.28. The molecule has 1 aliphatic carbocycles. The summed E-state index contributed by atoms with van der Waals surface area (Å²) in [5.74, 6) is 0.694. The Kier molecular flexibility index (Phi) is 5.22. The lowest BCUT2D eigenvalue weighted by molar-refractivity contribution is -0.133. The topological polar surface area (TPSA) is 61.4 Å². The molecule has 0 aromatic rings. The number of piperidine rings is 1. The minimum Gasteiger partial charge on any atom is -0.393 e. The number of nitrogens with one attached hydrogen (secondary N) is 2. The SMILES string of the molecule is CCC1(C(=O)NCC2CCCC(O)C2)CCNCC1. The third kappa shape index (κ3) is 3.69. The third-order valence-electron chi connectivity index (χ3n) is 5.03. The number of carbonyl (C=O) groups excluding carboxylic acids is 1. The van der Waals surface area contributed by atoms with Crippen molar-refractivity contribution >= 4 is 5.91 Å². The summed E-state index contributed by atoms with van der Waals surface area (Å²) in [4.78, 5) is 12.5. The molecular weight excluding hydrogens is 240 g/mol. The maximum absolute atomic E-state index is 12.5. The standard InChI is InChI=1S/C15H28N2O2/c1-2-15(6-8-16-9-7-15)14(19)17-11-12-4-3-5-13(18)10-12/h12-13,16,18H,2-11H2,1H3,(H,17,19). The van der Waals surface area contributed by atoms with Gasteiger partial charge in [-0.15, -0.1) is 0 Å². The fourth-order valence-corrected chi connectivity index (χ4v) is 3.52. The number of rotatable bonds is 4. The molecule has 0 aromatic heterocycles. The molecule has 0 spiro atoms. The summed E-state index contributed by atoms with van der Waals surface area (Å²) in [7, 11) is 0. The van der Waals surface area contributed by atoms with Gasteiger partial charge in [-0.2, -0.15) is 0 Å². The van der Waals surface area contributed by atoms with Crippen LogP contribution in [0.3, 0.4) is 0 Å². The van der Waals surface area contributed by atoms with E-state index in [0.717, 1.165) is 64.6 Å². The van der Waals surface area contributed by atoms with Crippen molar-refractivity contribution in [2.75, 3.05) is 19.6 Å². The number of amides is 1. The Labute approximate surface area is 116 Å². The second-order valence-corrected chi connectivity index (χ2v) is 6.28. The molecule has 2 atom stereocenters. The number of aliphatic hydroxyl groups excluding tert-OH is 1. The molecule has 1 saturated carbocycles. The van der Waals surface area contributed by atoms with E-state index < -0.39 is 0 Å². The molecule has 1 aliphatic heterocycles. The van der Waals surface area contributed by atoms with E-state index in [9.17, 15) is 9.90 Å². The lowest BCUT2D eigenvalue weighted by Gasteiger charge is -2.36. The Morgan fingerprint density at radius 3 is 2.74 bits per heavy atom. The molecule has 2 fully saturated rings. The molecule has 1 saturated heterocycles. The van der Waals surface area contributed by atoms with Crippen LogP contribution in [-0.2, 0) is 4.79 Å². The predicted molar refractivity (Wildman–Crippen MR) is 75.8 cm³/mol. The van der Waals surface area contributed by atoms with Crippen molar-refractivity contribution in [1.82, 2.24) is 10.6 Å². The molecular formula is C15H28N2O2. The summed E-state index contributed by atoms with van der Waals surface area (Å²) in [6.07, 6.45) is 6.66. The quantitative estimate of drug-likeness (QED) is 0.723. The van der Waals surface area contributed by atoms with Crippen LogP contribution in [0.25, 0.3) is 0 Å². The molecule has 1 amide bonds. The Bertz CT molecular complexity index is 301. The monoisotopic (exact) mass is 268 g/mol. The molecule has 1 heterocycles. The Morgan fingerprint density at radius 2 is 2.11 bits per heavy atom. The van der Waals surface area contributed by atoms with Gasteiger partial charge in [0.05, 0.1) is 11.5 Å². The van der Waals surface area contributed by atoms with Gasteiger partial charge in [0.2, 0.25) is 5.91 Å². The molecule has 3 N–H and O–H groups in total. The number of hydrogen-bond acceptors (Lipinski definition) is 3. The highest BCUT2D eigenvalue weighted by Crippen LogP contribution is 2.33. The average Bonchev–Trinajstić information content (AvgIpc) is 2.45. The van der Waals surface area contributed by atoms with E-state index in [1.807, 2.05) is 0 Å². The second kappa shape index (κ2) is 6.71. The van der Waals surface area contributed by atoms with Crippen LogP contribution < -0.4 is 10.6 Å². The number of hydrogen-bond donors (Lipinski definition) is 3. The summed E-state index contributed by atoms with van der Waals surface area (Å²) in [6.45, 7) is 4.76. The molecule has 110 valence electrons. The van der Waals surface area contributed by atoms with Crippen LogP contribution in [0.2, 0.25) is 0 Å². The Morgan fingerprint density at radius 1 is 1.37 bits per heavy atom. The first-order chi connectivity index (χ1) is 9.16. The fraction of sp³-hybridized carbons (Fsp3) is 0.933. The molecule has 4 nitrogen and oxygen atoms in total. The Hall–Kier alpha value is -0.610. The van der Waals surface area contributed by atoms with Crippen LogP contribution in [0, 0.1) is 11.3 Å². The third-order valence-corrected chi connectivity index (χ3v) is 5.03. The summed E-state index contributed by atoms with van der Waals surface area (Å²) < 4.78 is 0. The molecule has 4 heteroatoms. The summed E-state index contributed by atoms with van der Waals surface area (Å²) in [6, 6.07) is 0. The molecule has 0 radical (unpaired) electrons. The largest absolute Gasteiger partial charge is 0.393 e. The van der Waals surface area contributed by atoms with E-state index >= 15 is 0 Å². The normalized spacial score (nSPS) is 30.8. The van der Waals surface area contributed by atoms with Crippen LogP contribution >= 0.6 is 0 Å². The van der Waals surface area contributed by atoms with Crippen LogP contribution in [0.15, 0.2) is 0 Å². The van der Waals surface area contributed by atoms with Gasteiger partial charge < -0.3 is 15.7 Å². The fourth-order valence-electron chi connectivity index (χ4n) is 3.52. The zero-order chi connectivity index (χ0) is 13.7. The van der Waals surface area contributed by atoms with Crippen molar-refractivity contribution in [2.45, 2.75) is 58.0 Å². The van der Waals surface area contributed by atoms with Gasteiger partial charge in [0.15, 0.2) is 0 Å². The van der Waals surface area contributed by atoms with E-state index in [0.29, 0.717) is 5.92 Å². The van der Waals surface area contributed by atoms with Crippen molar-refractivity contribution in [3.63, 3.8) is 0 Å². The first-order valence-electron chi connectivity index (χ1n) is 7.83. The zero-order valence-electron chi connectivity index (χ0n) is 12.1. The molecule has 2 unspecified atom stereocenters. The first-order valence-corrected chi connectivity index (χ1v) is 7.83. The number of aliphatic hydroxyl groups is 1. The highest BCUT2D eigenvalue weighted by molar-refractivity contribution is 5.82. The van der Waals surface area contributed by atoms with E-state index in [1.54, 1.807) is 0 Å². The molecule has 19 heavy (non-hydrogen) atoms. The molecule has 0 aromatic carbocycles. The van der Waals surface area contributed by atoms with Crippen molar-refractivity contribution in [2.24, 2.45) is 11.3 Å². The van der Waals surface area contributed by atoms with Crippen LogP contribution in [0.5, 0.6) is 0 Å². The number of carbonyl (C=O) groups is 1. The van der Waals surface area contributed by atoms with Crippen molar-refractivity contribution in [3.05, 3.63) is 0 Å². The highest BCUT2D eigenvalue weighted by atomic mass is 16.3. The zero-order valence-corrected chi connectivity index (χ0v) is 12.1. The average molecular weight is 268 g/mol. The molecule has 2 rings (SSSR count). The van der Waals surface area contributed by atoms with E-state index in [2.05, 4.69) is 17.6 Å². The van der Waals surface area contributed by atoms with Crippen LogP contribution in [0.1, 0.15) is 51.9 Å². The van der Waals surface area contributed by atoms with E-state index in [1.165, 1.54) is 0 Å². The van der Waals surface area contributed by atoms with Gasteiger partial charge in [0.25, 0.3) is 0 Å². The van der Waals surface area contributed by atoms with Gasteiger partial charge in [0.1, 0.15) is 0 Å². The molecule has 0 bridgehead atoms. The summed E-state index contributed by atoms with van der Waals surface area (Å²) >= 11 is 0. The van der Waals surface area contributed by atoms with Crippen molar-refractivity contribution in [1.29, 1.82) is 0 Å². The summed E-state index contributed by atoms with van der Waals surface area (Å²) in [5, 5.41) is 16.2.